The van der Waals surface area contributed by atoms with E-state index in [9.17, 15) is 9.59 Å². The molecule has 0 aliphatic heterocycles. The SMILES string of the molecule is COC(=O)c1sc2ccccc2c1Nc1cccc2c(N(C)C)c(C(=O)OC)sc12. The summed E-state index contributed by atoms with van der Waals surface area (Å²) in [5.74, 6) is -0.761. The van der Waals surface area contributed by atoms with Crippen molar-refractivity contribution >= 4 is 71.8 Å². The molecule has 154 valence electrons. The lowest BCUT2D eigenvalue weighted by atomic mass is 10.1. The maximum atomic E-state index is 12.4. The molecule has 0 aliphatic rings. The van der Waals surface area contributed by atoms with Crippen LogP contribution in [0.2, 0.25) is 0 Å². The molecule has 0 saturated heterocycles. The van der Waals surface area contributed by atoms with Crippen LogP contribution in [-0.4, -0.2) is 40.3 Å². The van der Waals surface area contributed by atoms with Gasteiger partial charge in [0.2, 0.25) is 0 Å². The highest BCUT2D eigenvalue weighted by molar-refractivity contribution is 7.22. The number of rotatable bonds is 5. The molecule has 0 spiro atoms. The van der Waals surface area contributed by atoms with E-state index >= 15 is 0 Å². The van der Waals surface area contributed by atoms with Crippen LogP contribution < -0.4 is 10.2 Å². The minimum atomic E-state index is -0.388. The lowest BCUT2D eigenvalue weighted by Crippen LogP contribution is -2.12. The second kappa shape index (κ2) is 7.97. The number of nitrogens with one attached hydrogen (secondary N) is 1. The van der Waals surface area contributed by atoms with Gasteiger partial charge in [-0.05, 0) is 12.1 Å². The molecular weight excluding hydrogens is 420 g/mol. The van der Waals surface area contributed by atoms with Gasteiger partial charge in [-0.15, -0.1) is 22.7 Å². The minimum absolute atomic E-state index is 0.373. The van der Waals surface area contributed by atoms with Crippen LogP contribution in [0.4, 0.5) is 17.1 Å². The van der Waals surface area contributed by atoms with Crippen LogP contribution in [0, 0.1) is 0 Å². The molecule has 4 aromatic rings. The molecule has 30 heavy (non-hydrogen) atoms. The lowest BCUT2D eigenvalue weighted by Gasteiger charge is -2.14. The first-order valence-corrected chi connectivity index (χ1v) is 10.8. The molecule has 0 unspecified atom stereocenters. The number of anilines is 3. The fourth-order valence-electron chi connectivity index (χ4n) is 3.42. The van der Waals surface area contributed by atoms with Gasteiger partial charge in [0.05, 0.1) is 36.0 Å². The molecule has 6 nitrogen and oxygen atoms in total. The molecule has 0 aliphatic carbocycles. The van der Waals surface area contributed by atoms with Crippen molar-refractivity contribution < 1.29 is 19.1 Å². The molecule has 0 fully saturated rings. The van der Waals surface area contributed by atoms with Crippen molar-refractivity contribution in [2.45, 2.75) is 0 Å². The molecule has 2 aromatic carbocycles. The highest BCUT2D eigenvalue weighted by Crippen LogP contribution is 2.44. The lowest BCUT2D eigenvalue weighted by molar-refractivity contribution is 0.0598. The number of esters is 2. The standard InChI is InChI=1S/C22H20N2O4S2/c1-24(2)17-13-9-7-10-14(18(13)30-20(17)22(26)28-4)23-16-12-8-5-6-11-15(12)29-19(16)21(25)27-3/h5-11,23H,1-4H3. The van der Waals surface area contributed by atoms with E-state index in [2.05, 4.69) is 5.32 Å². The van der Waals surface area contributed by atoms with Gasteiger partial charge in [0.1, 0.15) is 9.75 Å². The van der Waals surface area contributed by atoms with Gasteiger partial charge in [-0.2, -0.15) is 0 Å². The van der Waals surface area contributed by atoms with Crippen LogP contribution >= 0.6 is 22.7 Å². The van der Waals surface area contributed by atoms with Crippen LogP contribution in [0.1, 0.15) is 19.3 Å². The van der Waals surface area contributed by atoms with Gasteiger partial charge in [0.25, 0.3) is 0 Å². The molecular formula is C22H20N2O4S2. The summed E-state index contributed by atoms with van der Waals surface area (Å²) >= 11 is 2.75. The fraction of sp³-hybridized carbons (Fsp3) is 0.182. The van der Waals surface area contributed by atoms with Gasteiger partial charge >= 0.3 is 11.9 Å². The average Bonchev–Trinajstić information content (AvgIpc) is 3.32. The quantitative estimate of drug-likeness (QED) is 0.414. The number of benzene rings is 2. The Bertz CT molecular complexity index is 1270. The van der Waals surface area contributed by atoms with Crippen LogP contribution in [0.3, 0.4) is 0 Å². The van der Waals surface area contributed by atoms with Crippen molar-refractivity contribution in [1.29, 1.82) is 0 Å². The van der Waals surface area contributed by atoms with Gasteiger partial charge < -0.3 is 19.7 Å². The van der Waals surface area contributed by atoms with Crippen molar-refractivity contribution in [3.05, 3.63) is 52.2 Å². The minimum Gasteiger partial charge on any atom is -0.465 e. The number of thiophene rings is 2. The number of nitrogens with zero attached hydrogens (tertiary/aromatic N) is 1. The Morgan fingerprint density at radius 3 is 2.23 bits per heavy atom. The maximum Gasteiger partial charge on any atom is 0.350 e. The fourth-order valence-corrected chi connectivity index (χ4v) is 5.76. The largest absolute Gasteiger partial charge is 0.465 e. The molecule has 0 saturated carbocycles. The molecule has 0 bridgehead atoms. The normalized spacial score (nSPS) is 10.9. The first-order chi connectivity index (χ1) is 14.5. The highest BCUT2D eigenvalue weighted by atomic mass is 32.1. The zero-order valence-corrected chi connectivity index (χ0v) is 18.6. The van der Waals surface area contributed by atoms with Crippen LogP contribution in [0.25, 0.3) is 20.2 Å². The molecule has 2 aromatic heterocycles. The van der Waals surface area contributed by atoms with Crippen molar-refractivity contribution in [2.75, 3.05) is 38.5 Å². The number of fused-ring (bicyclic) bond motifs is 2. The predicted octanol–water partition coefficient (Wildman–Crippen LogP) is 5.50. The third kappa shape index (κ3) is 3.28. The van der Waals surface area contributed by atoms with Crippen molar-refractivity contribution in [3.8, 4) is 0 Å². The summed E-state index contributed by atoms with van der Waals surface area (Å²) in [6, 6.07) is 13.7. The van der Waals surface area contributed by atoms with E-state index in [1.807, 2.05) is 61.5 Å². The number of hydrogen-bond acceptors (Lipinski definition) is 8. The molecule has 0 atom stereocenters. The molecule has 1 N–H and O–H groups in total. The zero-order chi connectivity index (χ0) is 21.4. The third-order valence-electron chi connectivity index (χ3n) is 4.73. The van der Waals surface area contributed by atoms with Crippen molar-refractivity contribution in [3.63, 3.8) is 0 Å². The summed E-state index contributed by atoms with van der Waals surface area (Å²) in [4.78, 5) is 27.7. The number of carbonyl (C=O) groups is 2. The van der Waals surface area contributed by atoms with Crippen molar-refractivity contribution in [1.82, 2.24) is 0 Å². The summed E-state index contributed by atoms with van der Waals surface area (Å²) in [7, 11) is 6.56. The summed E-state index contributed by atoms with van der Waals surface area (Å²) in [6.07, 6.45) is 0. The summed E-state index contributed by atoms with van der Waals surface area (Å²) < 4.78 is 11.9. The van der Waals surface area contributed by atoms with E-state index in [-0.39, 0.29) is 11.9 Å². The number of ether oxygens (including phenoxy) is 2. The third-order valence-corrected chi connectivity index (χ3v) is 7.09. The Hall–Kier alpha value is -3.10. The topological polar surface area (TPSA) is 67.9 Å². The van der Waals surface area contributed by atoms with E-state index in [0.717, 1.165) is 31.5 Å². The first kappa shape index (κ1) is 20.2. The van der Waals surface area contributed by atoms with Gasteiger partial charge in [-0.25, -0.2) is 9.59 Å². The Balaban J connectivity index is 1.92. The van der Waals surface area contributed by atoms with Crippen molar-refractivity contribution in [2.24, 2.45) is 0 Å². The number of carbonyl (C=O) groups excluding carboxylic acids is 2. The van der Waals surface area contributed by atoms with Gasteiger partial charge in [-0.3, -0.25) is 0 Å². The van der Waals surface area contributed by atoms with E-state index in [1.165, 1.54) is 36.9 Å². The van der Waals surface area contributed by atoms with Gasteiger partial charge in [0, 0.05) is 29.6 Å². The van der Waals surface area contributed by atoms with E-state index in [4.69, 9.17) is 9.47 Å². The summed E-state index contributed by atoms with van der Waals surface area (Å²) in [6.45, 7) is 0. The summed E-state index contributed by atoms with van der Waals surface area (Å²) in [5, 5.41) is 5.32. The predicted molar refractivity (Wildman–Crippen MR) is 124 cm³/mol. The molecule has 0 radical (unpaired) electrons. The Labute approximate surface area is 181 Å². The van der Waals surface area contributed by atoms with Crippen LogP contribution in [-0.2, 0) is 9.47 Å². The van der Waals surface area contributed by atoms with E-state index in [0.29, 0.717) is 15.4 Å². The molecule has 4 rings (SSSR count). The average molecular weight is 441 g/mol. The number of hydrogen-bond donors (Lipinski definition) is 1. The second-order valence-electron chi connectivity index (χ2n) is 6.77. The first-order valence-electron chi connectivity index (χ1n) is 9.14. The van der Waals surface area contributed by atoms with Gasteiger partial charge in [-0.1, -0.05) is 30.3 Å². The second-order valence-corrected chi connectivity index (χ2v) is 8.84. The monoisotopic (exact) mass is 440 g/mol. The zero-order valence-electron chi connectivity index (χ0n) is 16.9. The Kier molecular flexibility index (Phi) is 5.36. The molecule has 2 heterocycles. The van der Waals surface area contributed by atoms with Crippen LogP contribution in [0.5, 0.6) is 0 Å². The van der Waals surface area contributed by atoms with Gasteiger partial charge in [0.15, 0.2) is 0 Å². The van der Waals surface area contributed by atoms with E-state index < -0.39 is 0 Å². The van der Waals surface area contributed by atoms with E-state index in [1.54, 1.807) is 0 Å². The smallest absolute Gasteiger partial charge is 0.350 e. The number of methoxy groups -OCH3 is 2. The Morgan fingerprint density at radius 1 is 0.867 bits per heavy atom. The molecule has 0 amide bonds. The maximum absolute atomic E-state index is 12.4. The highest BCUT2D eigenvalue weighted by Gasteiger charge is 2.24. The Morgan fingerprint density at radius 2 is 1.53 bits per heavy atom. The molecule has 8 heteroatoms. The van der Waals surface area contributed by atoms with Crippen LogP contribution in [0.15, 0.2) is 42.5 Å². The summed E-state index contributed by atoms with van der Waals surface area (Å²) in [5.41, 5.74) is 2.33.